The number of carboxylic acid groups (broad SMARTS) is 1. The molecule has 1 N–H and O–H groups in total. The van der Waals surface area contributed by atoms with Crippen molar-refractivity contribution < 1.29 is 19.1 Å². The monoisotopic (exact) mass is 129 g/mol. The molecule has 0 amide bonds. The Bertz CT molecular complexity index is 192. The largest absolute Gasteiger partial charge is 0.514 e. The second kappa shape index (κ2) is 2.17. The van der Waals surface area contributed by atoms with Gasteiger partial charge in [0.1, 0.15) is 6.26 Å². The van der Waals surface area contributed by atoms with E-state index >= 15 is 0 Å². The van der Waals surface area contributed by atoms with Crippen LogP contribution in [0.5, 0.6) is 6.08 Å². The standard InChI is InChI=1S/C4H3NO4/c6-4(7)9-3-5-1-2-8-3/h1-2H,(H,6,7). The summed E-state index contributed by atoms with van der Waals surface area (Å²) in [5, 5.41) is 7.96. The van der Waals surface area contributed by atoms with Crippen LogP contribution >= 0.6 is 0 Å². The van der Waals surface area contributed by atoms with E-state index in [4.69, 9.17) is 5.11 Å². The third-order valence-corrected chi connectivity index (χ3v) is 0.584. The molecule has 0 aromatic carbocycles. The highest BCUT2D eigenvalue weighted by Gasteiger charge is 2.02. The molecular formula is C4H3NO4. The quantitative estimate of drug-likeness (QED) is 0.566. The van der Waals surface area contributed by atoms with Crippen molar-refractivity contribution in [3.05, 3.63) is 12.5 Å². The lowest BCUT2D eigenvalue weighted by atomic mass is 11.0. The lowest BCUT2D eigenvalue weighted by Gasteiger charge is -1.87. The van der Waals surface area contributed by atoms with Crippen molar-refractivity contribution in [2.24, 2.45) is 0 Å². The molecule has 0 spiro atoms. The minimum atomic E-state index is -1.43. The van der Waals surface area contributed by atoms with Crippen LogP contribution in [0.15, 0.2) is 16.9 Å². The Balaban J connectivity index is 2.58. The summed E-state index contributed by atoms with van der Waals surface area (Å²) in [5.74, 6) is 0. The van der Waals surface area contributed by atoms with Gasteiger partial charge in [-0.1, -0.05) is 0 Å². The molecule has 9 heavy (non-hydrogen) atoms. The van der Waals surface area contributed by atoms with Gasteiger partial charge in [-0.3, -0.25) is 0 Å². The van der Waals surface area contributed by atoms with Crippen LogP contribution in [-0.2, 0) is 0 Å². The number of ether oxygens (including phenoxy) is 1. The molecule has 5 nitrogen and oxygen atoms in total. The van der Waals surface area contributed by atoms with Crippen LogP contribution in [0.4, 0.5) is 4.79 Å². The Morgan fingerprint density at radius 2 is 2.67 bits per heavy atom. The van der Waals surface area contributed by atoms with Crippen LogP contribution in [-0.4, -0.2) is 16.2 Å². The zero-order valence-corrected chi connectivity index (χ0v) is 4.27. The van der Waals surface area contributed by atoms with Gasteiger partial charge in [-0.25, -0.2) is 4.79 Å². The van der Waals surface area contributed by atoms with E-state index in [-0.39, 0.29) is 6.08 Å². The lowest BCUT2D eigenvalue weighted by molar-refractivity contribution is 0.130. The fourth-order valence-electron chi connectivity index (χ4n) is 0.335. The van der Waals surface area contributed by atoms with Crippen molar-refractivity contribution in [3.8, 4) is 6.08 Å². The second-order valence-corrected chi connectivity index (χ2v) is 1.17. The molecule has 1 rings (SSSR count). The Morgan fingerprint density at radius 3 is 3.11 bits per heavy atom. The normalized spacial score (nSPS) is 8.89. The van der Waals surface area contributed by atoms with Crippen LogP contribution in [0.25, 0.3) is 0 Å². The van der Waals surface area contributed by atoms with E-state index in [1.165, 1.54) is 12.5 Å². The number of rotatable bonds is 1. The summed E-state index contributed by atoms with van der Waals surface area (Å²) in [7, 11) is 0. The van der Waals surface area contributed by atoms with Crippen LogP contribution < -0.4 is 4.74 Å². The Labute approximate surface area is 49.9 Å². The molecule has 0 atom stereocenters. The van der Waals surface area contributed by atoms with E-state index < -0.39 is 6.16 Å². The Hall–Kier alpha value is -1.52. The molecule has 0 unspecified atom stereocenters. The maximum atomic E-state index is 9.74. The molecule has 5 heteroatoms. The first-order chi connectivity index (χ1) is 4.29. The molecule has 48 valence electrons. The topological polar surface area (TPSA) is 72.6 Å². The van der Waals surface area contributed by atoms with Gasteiger partial charge in [0.2, 0.25) is 0 Å². The summed E-state index contributed by atoms with van der Waals surface area (Å²) in [6.07, 6.45) is 0.816. The molecule has 1 heterocycles. The first kappa shape index (κ1) is 5.61. The minimum Gasteiger partial charge on any atom is -0.449 e. The molecular weight excluding hydrogens is 126 g/mol. The SMILES string of the molecule is O=C(O)Oc1ncco1. The first-order valence-electron chi connectivity index (χ1n) is 2.09. The molecule has 1 aromatic heterocycles. The highest BCUT2D eigenvalue weighted by atomic mass is 16.7. The molecule has 0 saturated heterocycles. The predicted molar refractivity (Wildman–Crippen MR) is 25.2 cm³/mol. The molecule has 0 aliphatic heterocycles. The van der Waals surface area contributed by atoms with Gasteiger partial charge in [-0.05, 0) is 0 Å². The Kier molecular flexibility index (Phi) is 1.35. The van der Waals surface area contributed by atoms with E-state index in [9.17, 15) is 4.79 Å². The summed E-state index contributed by atoms with van der Waals surface area (Å²) in [5.41, 5.74) is 0. The fourth-order valence-corrected chi connectivity index (χ4v) is 0.335. The van der Waals surface area contributed by atoms with E-state index in [1.807, 2.05) is 0 Å². The van der Waals surface area contributed by atoms with Gasteiger partial charge in [0, 0.05) is 0 Å². The van der Waals surface area contributed by atoms with Crippen molar-refractivity contribution >= 4 is 6.16 Å². The fraction of sp³-hybridized carbons (Fsp3) is 0. The maximum Gasteiger partial charge on any atom is 0.514 e. The molecule has 0 bridgehead atoms. The van der Waals surface area contributed by atoms with E-state index in [1.54, 1.807) is 0 Å². The van der Waals surface area contributed by atoms with Crippen LogP contribution in [0.2, 0.25) is 0 Å². The summed E-state index contributed by atoms with van der Waals surface area (Å²) < 4.78 is 8.42. The lowest BCUT2D eigenvalue weighted by Crippen LogP contribution is -2.02. The van der Waals surface area contributed by atoms with Crippen LogP contribution in [0, 0.1) is 0 Å². The van der Waals surface area contributed by atoms with Gasteiger partial charge in [-0.2, -0.15) is 4.98 Å². The highest BCUT2D eigenvalue weighted by Crippen LogP contribution is 2.03. The average Bonchev–Trinajstić information content (AvgIpc) is 2.15. The maximum absolute atomic E-state index is 9.74. The molecule has 0 aliphatic rings. The number of carbonyl (C=O) groups is 1. The van der Waals surface area contributed by atoms with Gasteiger partial charge in [0.25, 0.3) is 0 Å². The van der Waals surface area contributed by atoms with E-state index in [2.05, 4.69) is 14.1 Å². The second-order valence-electron chi connectivity index (χ2n) is 1.17. The van der Waals surface area contributed by atoms with Crippen LogP contribution in [0.1, 0.15) is 0 Å². The van der Waals surface area contributed by atoms with E-state index in [0.29, 0.717) is 0 Å². The molecule has 1 aromatic rings. The number of nitrogens with zero attached hydrogens (tertiary/aromatic N) is 1. The van der Waals surface area contributed by atoms with Gasteiger partial charge in [0.15, 0.2) is 0 Å². The van der Waals surface area contributed by atoms with Gasteiger partial charge in [0.05, 0.1) is 6.20 Å². The smallest absolute Gasteiger partial charge is 0.449 e. The van der Waals surface area contributed by atoms with Gasteiger partial charge >= 0.3 is 12.2 Å². The number of aromatic nitrogens is 1. The minimum absolute atomic E-state index is 0.262. The molecule has 0 saturated carbocycles. The molecule has 0 aliphatic carbocycles. The number of oxazole rings is 1. The van der Waals surface area contributed by atoms with Crippen molar-refractivity contribution in [2.75, 3.05) is 0 Å². The highest BCUT2D eigenvalue weighted by molar-refractivity contribution is 5.59. The predicted octanol–water partition coefficient (Wildman–Crippen LogP) is 0.731. The molecule has 0 fully saturated rings. The third-order valence-electron chi connectivity index (χ3n) is 0.584. The summed E-state index contributed by atoms with van der Waals surface area (Å²) in [4.78, 5) is 13.1. The van der Waals surface area contributed by atoms with Gasteiger partial charge in [-0.15, -0.1) is 0 Å². The molecule has 0 radical (unpaired) electrons. The van der Waals surface area contributed by atoms with E-state index in [0.717, 1.165) is 0 Å². The van der Waals surface area contributed by atoms with Crippen LogP contribution in [0.3, 0.4) is 0 Å². The summed E-state index contributed by atoms with van der Waals surface area (Å²) >= 11 is 0. The van der Waals surface area contributed by atoms with Crippen molar-refractivity contribution in [1.29, 1.82) is 0 Å². The third kappa shape index (κ3) is 1.45. The Morgan fingerprint density at radius 1 is 1.89 bits per heavy atom. The van der Waals surface area contributed by atoms with Crippen molar-refractivity contribution in [3.63, 3.8) is 0 Å². The van der Waals surface area contributed by atoms with Gasteiger partial charge < -0.3 is 14.3 Å². The van der Waals surface area contributed by atoms with Crippen molar-refractivity contribution in [2.45, 2.75) is 0 Å². The zero-order chi connectivity index (χ0) is 6.69. The van der Waals surface area contributed by atoms with Crippen molar-refractivity contribution in [1.82, 2.24) is 4.98 Å². The number of hydrogen-bond acceptors (Lipinski definition) is 4. The summed E-state index contributed by atoms with van der Waals surface area (Å²) in [6, 6.07) is 0. The number of hydrogen-bond donors (Lipinski definition) is 1. The summed E-state index contributed by atoms with van der Waals surface area (Å²) in [6.45, 7) is 0. The zero-order valence-electron chi connectivity index (χ0n) is 4.27. The first-order valence-corrected chi connectivity index (χ1v) is 2.09. The average molecular weight is 129 g/mol.